The van der Waals surface area contributed by atoms with Crippen LogP contribution in [0.5, 0.6) is 0 Å². The van der Waals surface area contributed by atoms with Gasteiger partial charge >= 0.3 is 0 Å². The molecule has 6 nitrogen and oxygen atoms in total. The number of amides is 3. The second-order valence-corrected chi connectivity index (χ2v) is 6.33. The third kappa shape index (κ3) is 6.58. The van der Waals surface area contributed by atoms with Gasteiger partial charge in [-0.25, -0.2) is 0 Å². The summed E-state index contributed by atoms with van der Waals surface area (Å²) in [6.07, 6.45) is 2.47. The fourth-order valence-corrected chi connectivity index (χ4v) is 2.49. The summed E-state index contributed by atoms with van der Waals surface area (Å²) in [6.45, 7) is 3.96. The zero-order chi connectivity index (χ0) is 19.6. The summed E-state index contributed by atoms with van der Waals surface area (Å²) in [5.74, 6) is -0.757. The molecule has 0 saturated heterocycles. The molecular weight excluding hydrogens is 342 g/mol. The molecule has 0 aliphatic heterocycles. The lowest BCUT2D eigenvalue weighted by Gasteiger charge is -2.09. The molecule has 0 bridgehead atoms. The summed E-state index contributed by atoms with van der Waals surface area (Å²) in [5.41, 5.74) is 7.77. The Labute approximate surface area is 159 Å². The van der Waals surface area contributed by atoms with Gasteiger partial charge in [-0.05, 0) is 48.7 Å². The molecule has 142 valence electrons. The minimum Gasteiger partial charge on any atom is -0.326 e. The lowest BCUT2D eigenvalue weighted by atomic mass is 10.1. The number of nitrogens with one attached hydrogen (secondary N) is 3. The first-order chi connectivity index (χ1) is 13.0. The minimum absolute atomic E-state index is 0.0440. The summed E-state index contributed by atoms with van der Waals surface area (Å²) in [7, 11) is 0. The third-order valence-electron chi connectivity index (χ3n) is 4.12. The Morgan fingerprint density at radius 3 is 2.26 bits per heavy atom. The van der Waals surface area contributed by atoms with Crippen molar-refractivity contribution in [3.8, 4) is 0 Å². The van der Waals surface area contributed by atoms with Gasteiger partial charge < -0.3 is 5.32 Å². The molecule has 27 heavy (non-hydrogen) atoms. The van der Waals surface area contributed by atoms with Crippen LogP contribution in [0.3, 0.4) is 0 Å². The second kappa shape index (κ2) is 10.1. The van der Waals surface area contributed by atoms with Gasteiger partial charge in [-0.2, -0.15) is 0 Å². The topological polar surface area (TPSA) is 87.3 Å². The Bertz CT molecular complexity index is 801. The molecule has 3 N–H and O–H groups in total. The maximum Gasteiger partial charge on any atom is 0.269 e. The molecule has 0 heterocycles. The number of hydrazine groups is 1. The maximum absolute atomic E-state index is 12.1. The fourth-order valence-electron chi connectivity index (χ4n) is 2.49. The molecule has 3 amide bonds. The quantitative estimate of drug-likeness (QED) is 0.657. The number of anilines is 1. The van der Waals surface area contributed by atoms with E-state index in [2.05, 4.69) is 16.2 Å². The normalized spacial score (nSPS) is 10.1. The van der Waals surface area contributed by atoms with Crippen molar-refractivity contribution < 1.29 is 14.4 Å². The minimum atomic E-state index is -0.419. The summed E-state index contributed by atoms with van der Waals surface area (Å²) in [6, 6.07) is 14.1. The number of carbonyl (C=O) groups is 3. The van der Waals surface area contributed by atoms with Crippen LogP contribution in [0.25, 0.3) is 0 Å². The summed E-state index contributed by atoms with van der Waals surface area (Å²) in [5, 5.41) is 2.79. The van der Waals surface area contributed by atoms with Gasteiger partial charge in [0.05, 0.1) is 6.42 Å². The van der Waals surface area contributed by atoms with Crippen molar-refractivity contribution in [1.82, 2.24) is 10.9 Å². The van der Waals surface area contributed by atoms with Gasteiger partial charge in [0, 0.05) is 17.7 Å². The maximum atomic E-state index is 12.1. The third-order valence-corrected chi connectivity index (χ3v) is 4.12. The number of rotatable bonds is 7. The van der Waals surface area contributed by atoms with E-state index in [9.17, 15) is 14.4 Å². The first kappa shape index (κ1) is 20.2. The van der Waals surface area contributed by atoms with Gasteiger partial charge in [-0.3, -0.25) is 25.2 Å². The van der Waals surface area contributed by atoms with Gasteiger partial charge in [-0.1, -0.05) is 37.6 Å². The fraction of sp³-hybridized carbons (Fsp3) is 0.286. The van der Waals surface area contributed by atoms with Gasteiger partial charge in [-0.15, -0.1) is 0 Å². The van der Waals surface area contributed by atoms with Gasteiger partial charge in [0.2, 0.25) is 11.8 Å². The molecule has 0 aromatic heterocycles. The molecule has 0 fully saturated rings. The molecule has 0 saturated carbocycles. The standard InChI is InChI=1S/C21H25N3O3/c1-3-4-9-19(25)22-18-12-10-16(11-13-18)21(27)24-23-20(26)14-17-8-6-5-7-15(17)2/h5-8,10-13H,3-4,9,14H2,1-2H3,(H,22,25)(H,23,26)(H,24,27). The predicted octanol–water partition coefficient (Wildman–Crippen LogP) is 3.13. The van der Waals surface area contributed by atoms with Crippen molar-refractivity contribution in [3.63, 3.8) is 0 Å². The smallest absolute Gasteiger partial charge is 0.269 e. The molecule has 2 aromatic carbocycles. The van der Waals surface area contributed by atoms with Crippen LogP contribution in [0.2, 0.25) is 0 Å². The van der Waals surface area contributed by atoms with E-state index in [-0.39, 0.29) is 18.2 Å². The number of carbonyl (C=O) groups excluding carboxylic acids is 3. The van der Waals surface area contributed by atoms with Crippen molar-refractivity contribution >= 4 is 23.4 Å². The van der Waals surface area contributed by atoms with Gasteiger partial charge in [0.25, 0.3) is 5.91 Å². The first-order valence-corrected chi connectivity index (χ1v) is 9.03. The number of hydrogen-bond acceptors (Lipinski definition) is 3. The van der Waals surface area contributed by atoms with E-state index in [1.807, 2.05) is 38.1 Å². The van der Waals surface area contributed by atoms with E-state index < -0.39 is 5.91 Å². The van der Waals surface area contributed by atoms with Crippen LogP contribution in [-0.4, -0.2) is 17.7 Å². The summed E-state index contributed by atoms with van der Waals surface area (Å²) in [4.78, 5) is 35.8. The van der Waals surface area contributed by atoms with Crippen LogP contribution in [0.1, 0.15) is 47.7 Å². The van der Waals surface area contributed by atoms with Crippen LogP contribution in [0, 0.1) is 6.92 Å². The van der Waals surface area contributed by atoms with Crippen molar-refractivity contribution in [2.45, 2.75) is 39.5 Å². The SMILES string of the molecule is CCCCC(=O)Nc1ccc(C(=O)NNC(=O)Cc2ccccc2C)cc1. The van der Waals surface area contributed by atoms with E-state index in [0.717, 1.165) is 24.0 Å². The van der Waals surface area contributed by atoms with Crippen LogP contribution in [-0.2, 0) is 16.0 Å². The number of benzene rings is 2. The number of hydrogen-bond donors (Lipinski definition) is 3. The van der Waals surface area contributed by atoms with Crippen molar-refractivity contribution in [2.75, 3.05) is 5.32 Å². The Balaban J connectivity index is 1.82. The first-order valence-electron chi connectivity index (χ1n) is 9.03. The lowest BCUT2D eigenvalue weighted by molar-refractivity contribution is -0.121. The largest absolute Gasteiger partial charge is 0.326 e. The van der Waals surface area contributed by atoms with Crippen molar-refractivity contribution in [3.05, 3.63) is 65.2 Å². The van der Waals surface area contributed by atoms with E-state index in [4.69, 9.17) is 0 Å². The van der Waals surface area contributed by atoms with Crippen LogP contribution >= 0.6 is 0 Å². The van der Waals surface area contributed by atoms with Crippen LogP contribution in [0.15, 0.2) is 48.5 Å². The van der Waals surface area contributed by atoms with Crippen molar-refractivity contribution in [1.29, 1.82) is 0 Å². The molecule has 0 aliphatic carbocycles. The molecule has 0 radical (unpaired) electrons. The zero-order valence-electron chi connectivity index (χ0n) is 15.7. The molecule has 0 atom stereocenters. The van der Waals surface area contributed by atoms with E-state index in [1.54, 1.807) is 24.3 Å². The van der Waals surface area contributed by atoms with Crippen LogP contribution < -0.4 is 16.2 Å². The Morgan fingerprint density at radius 1 is 0.889 bits per heavy atom. The Morgan fingerprint density at radius 2 is 1.59 bits per heavy atom. The van der Waals surface area contributed by atoms with Crippen LogP contribution in [0.4, 0.5) is 5.69 Å². The highest BCUT2D eigenvalue weighted by Gasteiger charge is 2.09. The lowest BCUT2D eigenvalue weighted by Crippen LogP contribution is -2.42. The summed E-state index contributed by atoms with van der Waals surface area (Å²) < 4.78 is 0. The molecule has 2 aromatic rings. The zero-order valence-corrected chi connectivity index (χ0v) is 15.7. The average molecular weight is 367 g/mol. The molecule has 2 rings (SSSR count). The molecule has 0 spiro atoms. The molecule has 0 aliphatic rings. The predicted molar refractivity (Wildman–Crippen MR) is 105 cm³/mol. The Hall–Kier alpha value is -3.15. The van der Waals surface area contributed by atoms with Gasteiger partial charge in [0.15, 0.2) is 0 Å². The number of aryl methyl sites for hydroxylation is 1. The van der Waals surface area contributed by atoms with Crippen molar-refractivity contribution in [2.24, 2.45) is 0 Å². The average Bonchev–Trinajstić information content (AvgIpc) is 2.67. The highest BCUT2D eigenvalue weighted by Crippen LogP contribution is 2.11. The van der Waals surface area contributed by atoms with E-state index in [1.165, 1.54) is 0 Å². The summed E-state index contributed by atoms with van der Waals surface area (Å²) >= 11 is 0. The Kier molecular flexibility index (Phi) is 7.55. The molecular formula is C21H25N3O3. The highest BCUT2D eigenvalue weighted by atomic mass is 16.2. The van der Waals surface area contributed by atoms with E-state index >= 15 is 0 Å². The highest BCUT2D eigenvalue weighted by molar-refractivity contribution is 5.96. The molecule has 6 heteroatoms. The monoisotopic (exact) mass is 367 g/mol. The second-order valence-electron chi connectivity index (χ2n) is 6.33. The number of unbranched alkanes of at least 4 members (excludes halogenated alkanes) is 1. The van der Waals surface area contributed by atoms with Gasteiger partial charge in [0.1, 0.15) is 0 Å². The van der Waals surface area contributed by atoms with E-state index in [0.29, 0.717) is 17.7 Å². The molecule has 0 unspecified atom stereocenters.